The van der Waals surface area contributed by atoms with Crippen LogP contribution >= 0.6 is 11.8 Å². The van der Waals surface area contributed by atoms with Crippen LogP contribution in [0.25, 0.3) is 0 Å². The van der Waals surface area contributed by atoms with Crippen LogP contribution in [0.15, 0.2) is 24.3 Å². The Bertz CT molecular complexity index is 1010. The highest BCUT2D eigenvalue weighted by molar-refractivity contribution is 8.02. The second-order valence-corrected chi connectivity index (χ2v) is 12.6. The van der Waals surface area contributed by atoms with Gasteiger partial charge in [-0.1, -0.05) is 20.8 Å². The van der Waals surface area contributed by atoms with Crippen molar-refractivity contribution < 1.29 is 19.5 Å². The molecule has 3 N–H and O–H groups in total. The van der Waals surface area contributed by atoms with E-state index in [0.717, 1.165) is 25.2 Å². The quantitative estimate of drug-likeness (QED) is 0.430. The first-order valence-corrected chi connectivity index (χ1v) is 14.5. The second-order valence-electron chi connectivity index (χ2n) is 11.1. The summed E-state index contributed by atoms with van der Waals surface area (Å²) in [5, 5.41) is 16.2. The van der Waals surface area contributed by atoms with E-state index in [4.69, 9.17) is 0 Å². The number of aliphatic hydroxyl groups is 1. The lowest BCUT2D eigenvalue weighted by atomic mass is 9.66. The van der Waals surface area contributed by atoms with Crippen LogP contribution in [-0.2, 0) is 14.4 Å². The normalized spacial score (nSPS) is 31.0. The van der Waals surface area contributed by atoms with Crippen LogP contribution < -0.4 is 15.5 Å². The van der Waals surface area contributed by atoms with Crippen molar-refractivity contribution >= 4 is 40.9 Å². The van der Waals surface area contributed by atoms with E-state index in [0.29, 0.717) is 12.1 Å². The Morgan fingerprint density at radius 1 is 1.19 bits per heavy atom. The van der Waals surface area contributed by atoms with Gasteiger partial charge >= 0.3 is 0 Å². The monoisotopic (exact) mass is 530 g/mol. The lowest BCUT2D eigenvalue weighted by molar-refractivity contribution is -0.142. The van der Waals surface area contributed by atoms with Crippen molar-refractivity contribution in [3.63, 3.8) is 0 Å². The van der Waals surface area contributed by atoms with Gasteiger partial charge in [0.2, 0.25) is 17.7 Å². The molecular weight excluding hydrogens is 488 g/mol. The summed E-state index contributed by atoms with van der Waals surface area (Å²) in [6.45, 7) is 12.0. The van der Waals surface area contributed by atoms with Crippen molar-refractivity contribution in [2.24, 2.45) is 23.7 Å². The third kappa shape index (κ3) is 4.52. The largest absolute Gasteiger partial charge is 0.394 e. The van der Waals surface area contributed by atoms with Crippen molar-refractivity contribution in [1.29, 1.82) is 0 Å². The Kier molecular flexibility index (Phi) is 8.14. The van der Waals surface area contributed by atoms with E-state index >= 15 is 0 Å². The first-order chi connectivity index (χ1) is 17.6. The number of amides is 3. The van der Waals surface area contributed by atoms with E-state index in [1.165, 1.54) is 0 Å². The van der Waals surface area contributed by atoms with Gasteiger partial charge in [-0.25, -0.2) is 0 Å². The van der Waals surface area contributed by atoms with Crippen molar-refractivity contribution in [3.8, 4) is 0 Å². The van der Waals surface area contributed by atoms with Crippen molar-refractivity contribution in [2.45, 2.75) is 69.5 Å². The smallest absolute Gasteiger partial charge is 0.248 e. The Morgan fingerprint density at radius 3 is 2.38 bits per heavy atom. The maximum absolute atomic E-state index is 14.1. The van der Waals surface area contributed by atoms with Crippen LogP contribution in [0.3, 0.4) is 0 Å². The number of likely N-dealkylation sites (tertiary alicyclic amines) is 1. The molecule has 4 rings (SSSR count). The SMILES string of the molecule is CCN(CC)c1ccc(NC(=O)C2N([C@@H](CO)CC(C)C)C(=O)[C@@H]3[C@H](C(=O)NC)[C@@H]4CC(C)C23S4)cc1. The minimum Gasteiger partial charge on any atom is -0.394 e. The van der Waals surface area contributed by atoms with Gasteiger partial charge in [0, 0.05) is 36.8 Å². The molecule has 8 nitrogen and oxygen atoms in total. The lowest BCUT2D eigenvalue weighted by Gasteiger charge is -2.40. The van der Waals surface area contributed by atoms with Gasteiger partial charge in [0.05, 0.1) is 29.2 Å². The molecule has 3 unspecified atom stereocenters. The highest BCUT2D eigenvalue weighted by Gasteiger charge is 2.76. The molecule has 3 aliphatic heterocycles. The molecule has 0 aromatic heterocycles. The number of hydrogen-bond donors (Lipinski definition) is 3. The molecule has 9 heteroatoms. The Morgan fingerprint density at radius 2 is 1.84 bits per heavy atom. The molecule has 1 aromatic carbocycles. The Hall–Kier alpha value is -2.26. The van der Waals surface area contributed by atoms with E-state index in [9.17, 15) is 19.5 Å². The standard InChI is InChI=1S/C28H42N4O4S/c1-7-31(8-2)19-11-9-18(10-12-19)30-26(35)24-28-17(5)14-21(37-28)22(25(34)29-6)23(28)27(36)32(24)20(15-33)13-16(3)4/h9-12,16-17,20-24,33H,7-8,13-15H2,1-6H3,(H,29,34)(H,30,35)/t17?,20-,21+,22-,23+,24?,28?/m1/s1. The molecule has 0 aliphatic carbocycles. The summed E-state index contributed by atoms with van der Waals surface area (Å²) in [7, 11) is 1.60. The molecule has 1 spiro atoms. The number of rotatable bonds is 10. The molecule has 0 saturated carbocycles. The predicted molar refractivity (Wildman–Crippen MR) is 149 cm³/mol. The minimum atomic E-state index is -0.761. The van der Waals surface area contributed by atoms with Crippen LogP contribution in [0, 0.1) is 23.7 Å². The van der Waals surface area contributed by atoms with E-state index in [1.807, 2.05) is 38.1 Å². The number of hydrogen-bond acceptors (Lipinski definition) is 6. The number of nitrogens with zero attached hydrogens (tertiary/aromatic N) is 2. The van der Waals surface area contributed by atoms with Crippen molar-refractivity contribution in [3.05, 3.63) is 24.3 Å². The number of carbonyl (C=O) groups excluding carboxylic acids is 3. The van der Waals surface area contributed by atoms with Crippen LogP contribution in [0.4, 0.5) is 11.4 Å². The molecule has 37 heavy (non-hydrogen) atoms. The predicted octanol–water partition coefficient (Wildman–Crippen LogP) is 2.96. The third-order valence-electron chi connectivity index (χ3n) is 8.59. The molecule has 2 bridgehead atoms. The summed E-state index contributed by atoms with van der Waals surface area (Å²) in [5.41, 5.74) is 1.76. The van der Waals surface area contributed by atoms with Gasteiger partial charge in [0.1, 0.15) is 6.04 Å². The number of nitrogens with one attached hydrogen (secondary N) is 2. The van der Waals surface area contributed by atoms with E-state index in [1.54, 1.807) is 23.7 Å². The van der Waals surface area contributed by atoms with E-state index < -0.39 is 28.7 Å². The molecular formula is C28H42N4O4S. The summed E-state index contributed by atoms with van der Waals surface area (Å²) in [5.74, 6) is -1.28. The minimum absolute atomic E-state index is 0.00683. The van der Waals surface area contributed by atoms with Gasteiger partial charge in [-0.15, -0.1) is 11.8 Å². The van der Waals surface area contributed by atoms with Gasteiger partial charge in [-0.3, -0.25) is 14.4 Å². The second kappa shape index (κ2) is 10.8. The molecule has 3 aliphatic rings. The van der Waals surface area contributed by atoms with Crippen LogP contribution in [0.1, 0.15) is 47.5 Å². The van der Waals surface area contributed by atoms with Gasteiger partial charge in [0.25, 0.3) is 0 Å². The molecule has 3 fully saturated rings. The number of thioether (sulfide) groups is 1. The zero-order valence-electron chi connectivity index (χ0n) is 22.9. The fourth-order valence-corrected chi connectivity index (χ4v) is 9.40. The number of carbonyl (C=O) groups is 3. The van der Waals surface area contributed by atoms with Crippen molar-refractivity contribution in [2.75, 3.05) is 37.0 Å². The lowest BCUT2D eigenvalue weighted by Crippen LogP contribution is -2.57. The molecule has 7 atom stereocenters. The zero-order valence-corrected chi connectivity index (χ0v) is 23.7. The molecule has 3 amide bonds. The van der Waals surface area contributed by atoms with Gasteiger partial charge in [-0.05, 0) is 62.8 Å². The van der Waals surface area contributed by atoms with E-state index in [-0.39, 0.29) is 41.4 Å². The summed E-state index contributed by atoms with van der Waals surface area (Å²) >= 11 is 1.65. The summed E-state index contributed by atoms with van der Waals surface area (Å²) in [4.78, 5) is 45.1. The van der Waals surface area contributed by atoms with Gasteiger partial charge in [0.15, 0.2) is 0 Å². The van der Waals surface area contributed by atoms with E-state index in [2.05, 4.69) is 36.3 Å². The van der Waals surface area contributed by atoms with Crippen molar-refractivity contribution in [1.82, 2.24) is 10.2 Å². The Balaban J connectivity index is 1.72. The van der Waals surface area contributed by atoms with Gasteiger partial charge in [-0.2, -0.15) is 0 Å². The summed E-state index contributed by atoms with van der Waals surface area (Å²) < 4.78 is -0.700. The fourth-order valence-electron chi connectivity index (χ4n) is 6.99. The first kappa shape index (κ1) is 27.8. The molecule has 3 saturated heterocycles. The van der Waals surface area contributed by atoms with Crippen LogP contribution in [0.2, 0.25) is 0 Å². The number of fused-ring (bicyclic) bond motifs is 1. The average Bonchev–Trinajstić information content (AvgIpc) is 3.47. The molecule has 204 valence electrons. The summed E-state index contributed by atoms with van der Waals surface area (Å²) in [6.07, 6.45) is 1.37. The topological polar surface area (TPSA) is 102 Å². The fraction of sp³-hybridized carbons (Fsp3) is 0.679. The zero-order chi connectivity index (χ0) is 27.1. The highest BCUT2D eigenvalue weighted by Crippen LogP contribution is 2.68. The Labute approximate surface area is 224 Å². The maximum atomic E-state index is 14.1. The maximum Gasteiger partial charge on any atom is 0.248 e. The molecule has 0 radical (unpaired) electrons. The highest BCUT2D eigenvalue weighted by atomic mass is 32.2. The third-order valence-corrected chi connectivity index (χ3v) is 10.7. The van der Waals surface area contributed by atoms with Crippen LogP contribution in [-0.4, -0.2) is 76.6 Å². The average molecular weight is 531 g/mol. The summed E-state index contributed by atoms with van der Waals surface area (Å²) in [6, 6.07) is 6.55. The number of aliphatic hydroxyl groups excluding tert-OH is 1. The number of benzene rings is 1. The first-order valence-electron chi connectivity index (χ1n) is 13.6. The van der Waals surface area contributed by atoms with Gasteiger partial charge < -0.3 is 25.5 Å². The molecule has 3 heterocycles. The number of anilines is 2. The molecule has 1 aromatic rings. The van der Waals surface area contributed by atoms with Crippen LogP contribution in [0.5, 0.6) is 0 Å².